The number of hydrogen-bond acceptors (Lipinski definition) is 2. The van der Waals surface area contributed by atoms with Gasteiger partial charge in [0.25, 0.3) is 5.91 Å². The molecule has 0 spiro atoms. The fraction of sp³-hybridized carbons (Fsp3) is 0.143. The molecule has 0 aliphatic heterocycles. The Kier molecular flexibility index (Phi) is 3.19. The average molecular weight is 226 g/mol. The molecule has 0 aliphatic rings. The van der Waals surface area contributed by atoms with Crippen LogP contribution in [0.5, 0.6) is 0 Å². The summed E-state index contributed by atoms with van der Waals surface area (Å²) >= 11 is 0. The predicted octanol–water partition coefficient (Wildman–Crippen LogP) is 2.42. The molecular formula is C14H14N2O. The minimum Gasteiger partial charge on any atom is -0.355 e. The van der Waals surface area contributed by atoms with E-state index in [1.54, 1.807) is 19.3 Å². The third kappa shape index (κ3) is 2.33. The molecule has 3 nitrogen and oxygen atoms in total. The summed E-state index contributed by atoms with van der Waals surface area (Å²) in [5.41, 5.74) is 3.68. The number of aryl methyl sites for hydroxylation is 1. The molecule has 3 heteroatoms. The maximum Gasteiger partial charge on any atom is 0.251 e. The van der Waals surface area contributed by atoms with Gasteiger partial charge in [-0.15, -0.1) is 0 Å². The minimum absolute atomic E-state index is 0.0756. The molecular weight excluding hydrogens is 212 g/mol. The number of rotatable bonds is 2. The van der Waals surface area contributed by atoms with Gasteiger partial charge >= 0.3 is 0 Å². The second-order valence-electron chi connectivity index (χ2n) is 3.80. The Morgan fingerprint density at radius 2 is 2.06 bits per heavy atom. The molecule has 1 aromatic heterocycles. The van der Waals surface area contributed by atoms with E-state index >= 15 is 0 Å². The quantitative estimate of drug-likeness (QED) is 0.854. The van der Waals surface area contributed by atoms with E-state index in [2.05, 4.69) is 10.3 Å². The largest absolute Gasteiger partial charge is 0.355 e. The number of benzene rings is 1. The number of hydrogen-bond donors (Lipinski definition) is 1. The molecule has 1 aromatic carbocycles. The normalized spacial score (nSPS) is 10.0. The lowest BCUT2D eigenvalue weighted by Crippen LogP contribution is -2.17. The van der Waals surface area contributed by atoms with E-state index in [-0.39, 0.29) is 5.91 Å². The van der Waals surface area contributed by atoms with Gasteiger partial charge in [-0.25, -0.2) is 0 Å². The molecule has 0 saturated heterocycles. The monoisotopic (exact) mass is 226 g/mol. The van der Waals surface area contributed by atoms with Crippen LogP contribution in [0.3, 0.4) is 0 Å². The van der Waals surface area contributed by atoms with Gasteiger partial charge in [-0.05, 0) is 30.7 Å². The van der Waals surface area contributed by atoms with Crippen LogP contribution < -0.4 is 5.32 Å². The van der Waals surface area contributed by atoms with Crippen LogP contribution in [-0.4, -0.2) is 17.9 Å². The standard InChI is InChI=1S/C14H14N2O/c1-10-13(7-4-8-16-10)11-5-3-6-12(9-11)14(17)15-2/h3-9H,1-2H3,(H,15,17). The first-order chi connectivity index (χ1) is 8.22. The van der Waals surface area contributed by atoms with Crippen molar-refractivity contribution in [1.29, 1.82) is 0 Å². The maximum atomic E-state index is 11.6. The van der Waals surface area contributed by atoms with E-state index in [1.807, 2.05) is 37.3 Å². The van der Waals surface area contributed by atoms with E-state index in [0.717, 1.165) is 16.8 Å². The molecule has 0 atom stereocenters. The van der Waals surface area contributed by atoms with Crippen LogP contribution in [0, 0.1) is 6.92 Å². The van der Waals surface area contributed by atoms with E-state index in [4.69, 9.17) is 0 Å². The van der Waals surface area contributed by atoms with Crippen molar-refractivity contribution in [2.45, 2.75) is 6.92 Å². The first-order valence-electron chi connectivity index (χ1n) is 5.46. The van der Waals surface area contributed by atoms with Gasteiger partial charge in [0, 0.05) is 30.1 Å². The van der Waals surface area contributed by atoms with Crippen molar-refractivity contribution in [2.24, 2.45) is 0 Å². The zero-order chi connectivity index (χ0) is 12.3. The highest BCUT2D eigenvalue weighted by Gasteiger charge is 2.06. The summed E-state index contributed by atoms with van der Waals surface area (Å²) in [5, 5.41) is 2.62. The maximum absolute atomic E-state index is 11.6. The summed E-state index contributed by atoms with van der Waals surface area (Å²) in [4.78, 5) is 15.8. The minimum atomic E-state index is -0.0756. The zero-order valence-corrected chi connectivity index (χ0v) is 9.90. The average Bonchev–Trinajstić information content (AvgIpc) is 2.38. The fourth-order valence-corrected chi connectivity index (χ4v) is 1.76. The van der Waals surface area contributed by atoms with Crippen molar-refractivity contribution < 1.29 is 4.79 Å². The molecule has 0 unspecified atom stereocenters. The van der Waals surface area contributed by atoms with Gasteiger partial charge in [-0.3, -0.25) is 9.78 Å². The zero-order valence-electron chi connectivity index (χ0n) is 9.90. The summed E-state index contributed by atoms with van der Waals surface area (Å²) in [6, 6.07) is 11.4. The van der Waals surface area contributed by atoms with Gasteiger partial charge in [0.15, 0.2) is 0 Å². The summed E-state index contributed by atoms with van der Waals surface area (Å²) in [6.45, 7) is 1.96. The summed E-state index contributed by atoms with van der Waals surface area (Å²) < 4.78 is 0. The molecule has 0 fully saturated rings. The lowest BCUT2D eigenvalue weighted by Gasteiger charge is -2.06. The van der Waals surface area contributed by atoms with E-state index in [0.29, 0.717) is 5.56 Å². The number of nitrogens with one attached hydrogen (secondary N) is 1. The molecule has 0 aliphatic carbocycles. The molecule has 1 amide bonds. The topological polar surface area (TPSA) is 42.0 Å². The van der Waals surface area contributed by atoms with Crippen molar-refractivity contribution in [3.63, 3.8) is 0 Å². The Hall–Kier alpha value is -2.16. The SMILES string of the molecule is CNC(=O)c1cccc(-c2cccnc2C)c1. The Morgan fingerprint density at radius 3 is 2.76 bits per heavy atom. The molecule has 0 saturated carbocycles. The van der Waals surface area contributed by atoms with Gasteiger partial charge in [-0.1, -0.05) is 18.2 Å². The van der Waals surface area contributed by atoms with Gasteiger partial charge in [-0.2, -0.15) is 0 Å². The van der Waals surface area contributed by atoms with Gasteiger partial charge < -0.3 is 5.32 Å². The highest BCUT2D eigenvalue weighted by Crippen LogP contribution is 2.22. The molecule has 0 radical (unpaired) electrons. The third-order valence-electron chi connectivity index (χ3n) is 2.67. The molecule has 1 heterocycles. The molecule has 2 aromatic rings. The molecule has 0 bridgehead atoms. The summed E-state index contributed by atoms with van der Waals surface area (Å²) in [5.74, 6) is -0.0756. The number of pyridine rings is 1. The van der Waals surface area contributed by atoms with Crippen molar-refractivity contribution >= 4 is 5.91 Å². The Bertz CT molecular complexity index is 549. The Morgan fingerprint density at radius 1 is 1.24 bits per heavy atom. The number of carbonyl (C=O) groups is 1. The Labute approximate surface area is 101 Å². The number of amides is 1. The molecule has 86 valence electrons. The van der Waals surface area contributed by atoms with Crippen molar-refractivity contribution in [2.75, 3.05) is 7.05 Å². The van der Waals surface area contributed by atoms with E-state index in [9.17, 15) is 4.79 Å². The summed E-state index contributed by atoms with van der Waals surface area (Å²) in [6.07, 6.45) is 1.77. The molecule has 1 N–H and O–H groups in total. The van der Waals surface area contributed by atoms with Crippen molar-refractivity contribution in [3.8, 4) is 11.1 Å². The highest BCUT2D eigenvalue weighted by molar-refractivity contribution is 5.95. The van der Waals surface area contributed by atoms with Gasteiger partial charge in [0.1, 0.15) is 0 Å². The lowest BCUT2D eigenvalue weighted by atomic mass is 10.0. The van der Waals surface area contributed by atoms with Crippen LogP contribution >= 0.6 is 0 Å². The van der Waals surface area contributed by atoms with Crippen LogP contribution in [0.15, 0.2) is 42.6 Å². The van der Waals surface area contributed by atoms with Crippen molar-refractivity contribution in [1.82, 2.24) is 10.3 Å². The van der Waals surface area contributed by atoms with Crippen LogP contribution in [0.2, 0.25) is 0 Å². The van der Waals surface area contributed by atoms with Crippen LogP contribution in [0.25, 0.3) is 11.1 Å². The second-order valence-corrected chi connectivity index (χ2v) is 3.80. The number of carbonyl (C=O) groups excluding carboxylic acids is 1. The van der Waals surface area contributed by atoms with Crippen LogP contribution in [-0.2, 0) is 0 Å². The van der Waals surface area contributed by atoms with E-state index in [1.165, 1.54) is 0 Å². The second kappa shape index (κ2) is 4.78. The van der Waals surface area contributed by atoms with Crippen LogP contribution in [0.1, 0.15) is 16.1 Å². The molecule has 2 rings (SSSR count). The molecule has 17 heavy (non-hydrogen) atoms. The third-order valence-corrected chi connectivity index (χ3v) is 2.67. The van der Waals surface area contributed by atoms with Crippen molar-refractivity contribution in [3.05, 3.63) is 53.9 Å². The lowest BCUT2D eigenvalue weighted by molar-refractivity contribution is 0.0963. The van der Waals surface area contributed by atoms with Gasteiger partial charge in [0.2, 0.25) is 0 Å². The predicted molar refractivity (Wildman–Crippen MR) is 67.8 cm³/mol. The van der Waals surface area contributed by atoms with Gasteiger partial charge in [0.05, 0.1) is 0 Å². The first-order valence-corrected chi connectivity index (χ1v) is 5.46. The number of nitrogens with zero attached hydrogens (tertiary/aromatic N) is 1. The Balaban J connectivity index is 2.47. The fourth-order valence-electron chi connectivity index (χ4n) is 1.76. The number of aromatic nitrogens is 1. The first kappa shape index (κ1) is 11.3. The van der Waals surface area contributed by atoms with E-state index < -0.39 is 0 Å². The smallest absolute Gasteiger partial charge is 0.251 e. The van der Waals surface area contributed by atoms with Crippen LogP contribution in [0.4, 0.5) is 0 Å². The summed E-state index contributed by atoms with van der Waals surface area (Å²) in [7, 11) is 1.63. The highest BCUT2D eigenvalue weighted by atomic mass is 16.1.